The van der Waals surface area contributed by atoms with E-state index < -0.39 is 0 Å². The van der Waals surface area contributed by atoms with E-state index >= 15 is 0 Å². The Balaban J connectivity index is 1.65. The highest BCUT2D eigenvalue weighted by atomic mass is 16.7. The van der Waals surface area contributed by atoms with Crippen LogP contribution in [0.4, 0.5) is 5.69 Å². The summed E-state index contributed by atoms with van der Waals surface area (Å²) in [7, 11) is -0.343. The van der Waals surface area contributed by atoms with Gasteiger partial charge in [0.05, 0.1) is 11.2 Å². The van der Waals surface area contributed by atoms with E-state index in [4.69, 9.17) is 9.31 Å². The molecule has 0 aromatic heterocycles. The lowest BCUT2D eigenvalue weighted by molar-refractivity contribution is -0.126. The quantitative estimate of drug-likeness (QED) is 0.826. The van der Waals surface area contributed by atoms with Gasteiger partial charge < -0.3 is 19.5 Å². The van der Waals surface area contributed by atoms with Crippen LogP contribution >= 0.6 is 0 Å². The fraction of sp³-hybridized carbons (Fsp3) is 0.667. The van der Waals surface area contributed by atoms with Crippen LogP contribution in [0.5, 0.6) is 0 Å². The zero-order valence-electron chi connectivity index (χ0n) is 17.5. The minimum Gasteiger partial charge on any atom is -0.399 e. The molecule has 2 fully saturated rings. The van der Waals surface area contributed by atoms with Gasteiger partial charge in [0.1, 0.15) is 0 Å². The standard InChI is InChI=1S/C21H33BN2O3/c1-15(2)23-19(25)16-10-12-24(13-11-16)18-9-7-8-17(14-18)22-26-20(3,4)21(5,6)27-22/h7-9,14-16H,10-13H2,1-6H3,(H,23,25). The Morgan fingerprint density at radius 2 is 1.74 bits per heavy atom. The number of hydrogen-bond acceptors (Lipinski definition) is 4. The number of amides is 1. The summed E-state index contributed by atoms with van der Waals surface area (Å²) < 4.78 is 12.4. The first-order valence-electron chi connectivity index (χ1n) is 10.1. The molecule has 0 radical (unpaired) electrons. The van der Waals surface area contributed by atoms with Crippen molar-refractivity contribution in [1.82, 2.24) is 5.32 Å². The predicted octanol–water partition coefficient (Wildman–Crippen LogP) is 2.73. The molecule has 0 aliphatic carbocycles. The number of anilines is 1. The molecule has 5 nitrogen and oxygen atoms in total. The molecule has 1 aromatic rings. The van der Waals surface area contributed by atoms with E-state index in [9.17, 15) is 4.79 Å². The molecule has 27 heavy (non-hydrogen) atoms. The van der Waals surface area contributed by atoms with Crippen molar-refractivity contribution in [2.24, 2.45) is 5.92 Å². The summed E-state index contributed by atoms with van der Waals surface area (Å²) in [5.41, 5.74) is 1.54. The van der Waals surface area contributed by atoms with E-state index in [1.54, 1.807) is 0 Å². The second-order valence-corrected chi connectivity index (χ2v) is 9.11. The third kappa shape index (κ3) is 4.32. The zero-order valence-corrected chi connectivity index (χ0v) is 17.5. The lowest BCUT2D eigenvalue weighted by Crippen LogP contribution is -2.43. The molecule has 2 heterocycles. The number of rotatable bonds is 4. The van der Waals surface area contributed by atoms with Gasteiger partial charge in [-0.1, -0.05) is 12.1 Å². The highest BCUT2D eigenvalue weighted by Crippen LogP contribution is 2.36. The largest absolute Gasteiger partial charge is 0.494 e. The average Bonchev–Trinajstić information content (AvgIpc) is 2.82. The number of nitrogens with zero attached hydrogens (tertiary/aromatic N) is 1. The Bertz CT molecular complexity index is 666. The summed E-state index contributed by atoms with van der Waals surface area (Å²) >= 11 is 0. The van der Waals surface area contributed by atoms with Gasteiger partial charge in [-0.3, -0.25) is 4.79 Å². The first-order valence-corrected chi connectivity index (χ1v) is 10.1. The van der Waals surface area contributed by atoms with Gasteiger partial charge in [0.2, 0.25) is 5.91 Å². The van der Waals surface area contributed by atoms with Gasteiger partial charge in [0, 0.05) is 30.7 Å². The minimum atomic E-state index is -0.343. The molecule has 2 aliphatic heterocycles. The maximum Gasteiger partial charge on any atom is 0.494 e. The van der Waals surface area contributed by atoms with Crippen molar-refractivity contribution in [2.75, 3.05) is 18.0 Å². The minimum absolute atomic E-state index is 0.120. The Hall–Kier alpha value is -1.53. The first-order chi connectivity index (χ1) is 12.6. The van der Waals surface area contributed by atoms with Crippen LogP contribution in [0.1, 0.15) is 54.4 Å². The van der Waals surface area contributed by atoms with Gasteiger partial charge in [0.25, 0.3) is 0 Å². The molecular formula is C21H33BN2O3. The number of nitrogens with one attached hydrogen (secondary N) is 1. The van der Waals surface area contributed by atoms with Gasteiger partial charge in [0.15, 0.2) is 0 Å². The Kier molecular flexibility index (Phi) is 5.60. The Morgan fingerprint density at radius 1 is 1.15 bits per heavy atom. The molecule has 2 saturated heterocycles. The molecular weight excluding hydrogens is 339 g/mol. The van der Waals surface area contributed by atoms with Crippen molar-refractivity contribution < 1.29 is 14.1 Å². The second-order valence-electron chi connectivity index (χ2n) is 9.11. The van der Waals surface area contributed by atoms with E-state index in [0.717, 1.165) is 31.4 Å². The van der Waals surface area contributed by atoms with E-state index in [1.165, 1.54) is 5.69 Å². The molecule has 1 aromatic carbocycles. The Labute approximate surface area is 163 Å². The van der Waals surface area contributed by atoms with Crippen molar-refractivity contribution >= 4 is 24.2 Å². The van der Waals surface area contributed by atoms with Crippen LogP contribution in [0.25, 0.3) is 0 Å². The zero-order chi connectivity index (χ0) is 19.8. The molecule has 0 atom stereocenters. The number of benzene rings is 1. The third-order valence-electron chi connectivity index (χ3n) is 6.06. The highest BCUT2D eigenvalue weighted by molar-refractivity contribution is 6.62. The predicted molar refractivity (Wildman–Crippen MR) is 110 cm³/mol. The van der Waals surface area contributed by atoms with Crippen LogP contribution in [0.3, 0.4) is 0 Å². The first kappa shape index (κ1) is 20.2. The molecule has 1 N–H and O–H groups in total. The Morgan fingerprint density at radius 3 is 2.30 bits per heavy atom. The summed E-state index contributed by atoms with van der Waals surface area (Å²) in [5, 5.41) is 3.04. The summed E-state index contributed by atoms with van der Waals surface area (Å²) in [6, 6.07) is 8.62. The molecule has 3 rings (SSSR count). The monoisotopic (exact) mass is 372 g/mol. The van der Waals surface area contributed by atoms with E-state index in [-0.39, 0.29) is 36.2 Å². The van der Waals surface area contributed by atoms with E-state index in [1.807, 2.05) is 13.8 Å². The lowest BCUT2D eigenvalue weighted by atomic mass is 9.79. The number of carbonyl (C=O) groups is 1. The van der Waals surface area contributed by atoms with Crippen molar-refractivity contribution in [1.29, 1.82) is 0 Å². The SMILES string of the molecule is CC(C)NC(=O)C1CCN(c2cccc(B3OC(C)(C)C(C)(C)O3)c2)CC1. The molecule has 0 spiro atoms. The highest BCUT2D eigenvalue weighted by Gasteiger charge is 2.51. The normalized spacial score (nSPS) is 22.3. The molecule has 148 valence electrons. The van der Waals surface area contributed by atoms with E-state index in [2.05, 4.69) is 62.2 Å². The van der Waals surface area contributed by atoms with Gasteiger partial charge in [-0.25, -0.2) is 0 Å². The molecule has 0 saturated carbocycles. The topological polar surface area (TPSA) is 50.8 Å². The van der Waals surface area contributed by atoms with Crippen LogP contribution < -0.4 is 15.7 Å². The molecule has 6 heteroatoms. The van der Waals surface area contributed by atoms with Gasteiger partial charge in [-0.05, 0) is 72.0 Å². The summed E-state index contributed by atoms with van der Waals surface area (Å²) in [6.45, 7) is 14.1. The smallest absolute Gasteiger partial charge is 0.399 e. The summed E-state index contributed by atoms with van der Waals surface area (Å²) in [6.07, 6.45) is 1.78. The number of carbonyl (C=O) groups excluding carboxylic acids is 1. The molecule has 1 amide bonds. The van der Waals surface area contributed by atoms with Crippen LogP contribution in [0.15, 0.2) is 24.3 Å². The third-order valence-corrected chi connectivity index (χ3v) is 6.06. The maximum absolute atomic E-state index is 12.2. The number of hydrogen-bond donors (Lipinski definition) is 1. The van der Waals surface area contributed by atoms with Crippen LogP contribution in [0.2, 0.25) is 0 Å². The average molecular weight is 372 g/mol. The summed E-state index contributed by atoms with van der Waals surface area (Å²) in [4.78, 5) is 14.6. The van der Waals surface area contributed by atoms with Crippen molar-refractivity contribution in [3.63, 3.8) is 0 Å². The lowest BCUT2D eigenvalue weighted by Gasteiger charge is -2.33. The van der Waals surface area contributed by atoms with Gasteiger partial charge in [-0.2, -0.15) is 0 Å². The van der Waals surface area contributed by atoms with Crippen molar-refractivity contribution in [2.45, 2.75) is 71.6 Å². The molecule has 0 bridgehead atoms. The van der Waals surface area contributed by atoms with Crippen LogP contribution in [-0.4, -0.2) is 43.4 Å². The van der Waals surface area contributed by atoms with Crippen molar-refractivity contribution in [3.05, 3.63) is 24.3 Å². The molecule has 0 unspecified atom stereocenters. The summed E-state index contributed by atoms with van der Waals surface area (Å²) in [5.74, 6) is 0.311. The van der Waals surface area contributed by atoms with Crippen LogP contribution in [-0.2, 0) is 14.1 Å². The second kappa shape index (κ2) is 7.48. The van der Waals surface area contributed by atoms with Gasteiger partial charge >= 0.3 is 7.12 Å². The van der Waals surface area contributed by atoms with E-state index in [0.29, 0.717) is 0 Å². The van der Waals surface area contributed by atoms with Gasteiger partial charge in [-0.15, -0.1) is 0 Å². The van der Waals surface area contributed by atoms with Crippen LogP contribution in [0, 0.1) is 5.92 Å². The fourth-order valence-electron chi connectivity index (χ4n) is 3.65. The number of piperidine rings is 1. The molecule has 2 aliphatic rings. The fourth-order valence-corrected chi connectivity index (χ4v) is 3.65. The van der Waals surface area contributed by atoms with Crippen molar-refractivity contribution in [3.8, 4) is 0 Å². The maximum atomic E-state index is 12.2.